The minimum absolute atomic E-state index is 0.175. The Kier molecular flexibility index (Phi) is 7.44. The van der Waals surface area contributed by atoms with Gasteiger partial charge in [0, 0.05) is 13.1 Å². The van der Waals surface area contributed by atoms with Crippen molar-refractivity contribution in [2.24, 2.45) is 0 Å². The monoisotopic (exact) mass is 526 g/mol. The summed E-state index contributed by atoms with van der Waals surface area (Å²) in [6.07, 6.45) is -12.2. The molecule has 1 N–H and O–H groups in total. The molecule has 37 heavy (non-hydrogen) atoms. The van der Waals surface area contributed by atoms with Gasteiger partial charge in [-0.3, -0.25) is 0 Å². The maximum Gasteiger partial charge on any atom is 0.573 e. The van der Waals surface area contributed by atoms with Gasteiger partial charge in [-0.15, -0.1) is 13.2 Å². The fourth-order valence-electron chi connectivity index (χ4n) is 4.39. The molecule has 0 amide bonds. The summed E-state index contributed by atoms with van der Waals surface area (Å²) >= 11 is 0. The smallest absolute Gasteiger partial charge is 0.497 e. The highest BCUT2D eigenvalue weighted by atomic mass is 19.4. The normalized spacial score (nSPS) is 16.8. The predicted octanol–water partition coefficient (Wildman–Crippen LogP) is 6.08. The van der Waals surface area contributed by atoms with E-state index in [9.17, 15) is 31.4 Å². The standard InChI is InChI=1S/C26H24F6N2O3/c1-36-19-11-9-18(10-12-19)23-15-33(14-17-5-4-6-20(13-17)37-26(30,31)32)21-7-2-3-8-22(21)34(23)16-24(35)25(27,28)29/h2-13,23-24,35H,14-16H2,1H3. The number of methoxy groups -OCH3 is 1. The first kappa shape index (κ1) is 26.5. The Morgan fingerprint density at radius 3 is 2.19 bits per heavy atom. The van der Waals surface area contributed by atoms with Gasteiger partial charge in [0.2, 0.25) is 0 Å². The van der Waals surface area contributed by atoms with Crippen LogP contribution in [0.25, 0.3) is 0 Å². The molecule has 3 aromatic carbocycles. The third-order valence-electron chi connectivity index (χ3n) is 6.05. The lowest BCUT2D eigenvalue weighted by atomic mass is 9.98. The lowest BCUT2D eigenvalue weighted by Gasteiger charge is -2.45. The van der Waals surface area contributed by atoms with Gasteiger partial charge in [0.1, 0.15) is 11.5 Å². The number of halogens is 6. The number of benzene rings is 3. The number of hydrogen-bond acceptors (Lipinski definition) is 5. The highest BCUT2D eigenvalue weighted by Crippen LogP contribution is 2.42. The molecule has 2 atom stereocenters. The molecular formula is C26H24F6N2O3. The average Bonchev–Trinajstić information content (AvgIpc) is 2.84. The minimum Gasteiger partial charge on any atom is -0.497 e. The SMILES string of the molecule is COc1ccc(C2CN(Cc3cccc(OC(F)(F)F)c3)c3ccccc3N2CC(O)C(F)(F)F)cc1. The van der Waals surface area contributed by atoms with Crippen LogP contribution in [0, 0.1) is 0 Å². The molecule has 0 saturated carbocycles. The van der Waals surface area contributed by atoms with Gasteiger partial charge in [-0.1, -0.05) is 36.4 Å². The van der Waals surface area contributed by atoms with Crippen molar-refractivity contribution in [3.63, 3.8) is 0 Å². The number of rotatable bonds is 7. The maximum absolute atomic E-state index is 13.3. The van der Waals surface area contributed by atoms with Gasteiger partial charge < -0.3 is 24.4 Å². The van der Waals surface area contributed by atoms with Crippen LogP contribution >= 0.6 is 0 Å². The van der Waals surface area contributed by atoms with Crippen molar-refractivity contribution in [3.05, 3.63) is 83.9 Å². The van der Waals surface area contributed by atoms with Crippen LogP contribution in [0.2, 0.25) is 0 Å². The van der Waals surface area contributed by atoms with E-state index in [0.29, 0.717) is 28.3 Å². The third kappa shape index (κ3) is 6.40. The van der Waals surface area contributed by atoms with Crippen molar-refractivity contribution in [1.29, 1.82) is 0 Å². The Balaban J connectivity index is 1.72. The van der Waals surface area contributed by atoms with Gasteiger partial charge in [-0.05, 0) is 47.5 Å². The van der Waals surface area contributed by atoms with E-state index in [2.05, 4.69) is 4.74 Å². The summed E-state index contributed by atoms with van der Waals surface area (Å²) in [5.41, 5.74) is 2.25. The zero-order valence-corrected chi connectivity index (χ0v) is 19.6. The van der Waals surface area contributed by atoms with E-state index in [1.54, 1.807) is 54.6 Å². The summed E-state index contributed by atoms with van der Waals surface area (Å²) in [4.78, 5) is 3.39. The Bertz CT molecular complexity index is 1200. The Morgan fingerprint density at radius 2 is 1.57 bits per heavy atom. The van der Waals surface area contributed by atoms with Crippen LogP contribution in [0.15, 0.2) is 72.8 Å². The first-order valence-corrected chi connectivity index (χ1v) is 11.3. The molecule has 0 spiro atoms. The number of para-hydroxylation sites is 2. The van der Waals surface area contributed by atoms with Gasteiger partial charge in [0.25, 0.3) is 0 Å². The maximum atomic E-state index is 13.3. The number of anilines is 2. The van der Waals surface area contributed by atoms with Crippen molar-refractivity contribution in [2.75, 3.05) is 30.0 Å². The van der Waals surface area contributed by atoms with Crippen molar-refractivity contribution in [1.82, 2.24) is 0 Å². The number of nitrogens with zero attached hydrogens (tertiary/aromatic N) is 2. The van der Waals surface area contributed by atoms with Crippen molar-refractivity contribution in [3.8, 4) is 11.5 Å². The fourth-order valence-corrected chi connectivity index (χ4v) is 4.39. The van der Waals surface area contributed by atoms with Crippen LogP contribution < -0.4 is 19.3 Å². The predicted molar refractivity (Wildman–Crippen MR) is 126 cm³/mol. The van der Waals surface area contributed by atoms with E-state index in [0.717, 1.165) is 0 Å². The van der Waals surface area contributed by atoms with Crippen LogP contribution in [-0.4, -0.2) is 43.9 Å². The van der Waals surface area contributed by atoms with Crippen molar-refractivity contribution in [2.45, 2.75) is 31.2 Å². The quantitative estimate of drug-likeness (QED) is 0.378. The molecule has 2 unspecified atom stereocenters. The molecule has 0 bridgehead atoms. The topological polar surface area (TPSA) is 45.2 Å². The molecule has 1 aliphatic rings. The van der Waals surface area contributed by atoms with Crippen LogP contribution in [0.5, 0.6) is 11.5 Å². The van der Waals surface area contributed by atoms with Crippen LogP contribution in [0.4, 0.5) is 37.7 Å². The Morgan fingerprint density at radius 1 is 0.892 bits per heavy atom. The molecule has 4 rings (SSSR count). The number of aliphatic hydroxyl groups is 1. The van der Waals surface area contributed by atoms with E-state index in [1.807, 2.05) is 4.90 Å². The molecule has 0 aliphatic carbocycles. The van der Waals surface area contributed by atoms with Gasteiger partial charge in [0.15, 0.2) is 6.10 Å². The largest absolute Gasteiger partial charge is 0.573 e. The second kappa shape index (κ2) is 10.4. The number of hydrogen-bond donors (Lipinski definition) is 1. The molecule has 198 valence electrons. The molecular weight excluding hydrogens is 502 g/mol. The highest BCUT2D eigenvalue weighted by Gasteiger charge is 2.42. The summed E-state index contributed by atoms with van der Waals surface area (Å²) in [5, 5.41) is 9.93. The van der Waals surface area contributed by atoms with Gasteiger partial charge in [-0.2, -0.15) is 13.2 Å². The van der Waals surface area contributed by atoms with Gasteiger partial charge >= 0.3 is 12.5 Å². The molecule has 11 heteroatoms. The second-order valence-corrected chi connectivity index (χ2v) is 8.56. The van der Waals surface area contributed by atoms with Crippen molar-refractivity contribution >= 4 is 11.4 Å². The van der Waals surface area contributed by atoms with E-state index in [-0.39, 0.29) is 18.8 Å². The summed E-state index contributed by atoms with van der Waals surface area (Å²) in [6.45, 7) is -0.313. The lowest BCUT2D eigenvalue weighted by molar-refractivity contribution is -0.274. The van der Waals surface area contributed by atoms with Crippen LogP contribution in [0.3, 0.4) is 0 Å². The Labute approximate surface area is 209 Å². The molecule has 0 fully saturated rings. The summed E-state index contributed by atoms with van der Waals surface area (Å²) in [7, 11) is 1.50. The highest BCUT2D eigenvalue weighted by molar-refractivity contribution is 5.75. The van der Waals surface area contributed by atoms with E-state index in [4.69, 9.17) is 4.74 Å². The molecule has 0 saturated heterocycles. The molecule has 1 heterocycles. The Hall–Kier alpha value is -3.60. The molecule has 1 aliphatic heterocycles. The molecule has 0 aromatic heterocycles. The first-order chi connectivity index (χ1) is 17.4. The fraction of sp³-hybridized carbons (Fsp3) is 0.308. The van der Waals surface area contributed by atoms with Crippen LogP contribution in [-0.2, 0) is 6.54 Å². The molecule has 5 nitrogen and oxygen atoms in total. The number of β-amino-alcohol motifs (C(OH)–C–C–N with tert-alkyl or cyclic N) is 1. The third-order valence-corrected chi connectivity index (χ3v) is 6.05. The van der Waals surface area contributed by atoms with Crippen molar-refractivity contribution < 1.29 is 40.9 Å². The van der Waals surface area contributed by atoms with E-state index < -0.39 is 31.2 Å². The lowest BCUT2D eigenvalue weighted by Crippen LogP contribution is -2.49. The summed E-state index contributed by atoms with van der Waals surface area (Å²) < 4.78 is 87.3. The number of ether oxygens (including phenoxy) is 2. The number of fused-ring (bicyclic) bond motifs is 1. The number of alkyl halides is 6. The van der Waals surface area contributed by atoms with E-state index >= 15 is 0 Å². The minimum atomic E-state index is -4.84. The van der Waals surface area contributed by atoms with Gasteiger partial charge in [0.05, 0.1) is 31.1 Å². The molecule has 3 aromatic rings. The molecule has 0 radical (unpaired) electrons. The van der Waals surface area contributed by atoms with Gasteiger partial charge in [-0.25, -0.2) is 0 Å². The number of aliphatic hydroxyl groups excluding tert-OH is 1. The average molecular weight is 526 g/mol. The zero-order chi connectivity index (χ0) is 26.8. The van der Waals surface area contributed by atoms with E-state index in [1.165, 1.54) is 30.2 Å². The zero-order valence-electron chi connectivity index (χ0n) is 19.6. The summed E-state index contributed by atoms with van der Waals surface area (Å²) in [6, 6.07) is 18.6. The first-order valence-electron chi connectivity index (χ1n) is 11.3. The summed E-state index contributed by atoms with van der Waals surface area (Å²) in [5.74, 6) is 0.206. The van der Waals surface area contributed by atoms with Crippen LogP contribution in [0.1, 0.15) is 17.2 Å². The second-order valence-electron chi connectivity index (χ2n) is 8.56.